The highest BCUT2D eigenvalue weighted by Gasteiger charge is 2.44. The zero-order valence-electron chi connectivity index (χ0n) is 17.5. The number of carbonyl (C=O) groups excluding carboxylic acids is 2. The summed E-state index contributed by atoms with van der Waals surface area (Å²) in [6.45, 7) is 3.44. The van der Waals surface area contributed by atoms with Gasteiger partial charge < -0.3 is 4.90 Å². The van der Waals surface area contributed by atoms with Gasteiger partial charge in [0.25, 0.3) is 11.8 Å². The molecule has 1 fully saturated rings. The molecule has 0 spiro atoms. The van der Waals surface area contributed by atoms with Crippen molar-refractivity contribution >= 4 is 28.7 Å². The van der Waals surface area contributed by atoms with E-state index >= 15 is 0 Å². The maximum Gasteiger partial charge on any atom is 0.278 e. The van der Waals surface area contributed by atoms with Gasteiger partial charge in [-0.25, -0.2) is 0 Å². The molecule has 3 heterocycles. The fraction of sp³-hybridized carbons (Fsp3) is 0.458. The molecule has 0 N–H and O–H groups in total. The number of amides is 2. The molecule has 2 aliphatic rings. The van der Waals surface area contributed by atoms with Gasteiger partial charge >= 0.3 is 0 Å². The first-order valence-corrected chi connectivity index (χ1v) is 11.9. The van der Waals surface area contributed by atoms with Crippen molar-refractivity contribution in [3.63, 3.8) is 0 Å². The zero-order valence-corrected chi connectivity index (χ0v) is 18.4. The Morgan fingerprint density at radius 2 is 1.80 bits per heavy atom. The van der Waals surface area contributed by atoms with E-state index in [-0.39, 0.29) is 17.9 Å². The van der Waals surface area contributed by atoms with Crippen molar-refractivity contribution in [2.75, 3.05) is 13.1 Å². The largest absolute Gasteiger partial charge is 0.366 e. The van der Waals surface area contributed by atoms with Crippen LogP contribution in [-0.2, 0) is 16.0 Å². The van der Waals surface area contributed by atoms with Crippen LogP contribution in [0.25, 0.3) is 5.57 Å². The number of thiophene rings is 1. The van der Waals surface area contributed by atoms with Gasteiger partial charge in [-0.05, 0) is 55.3 Å². The van der Waals surface area contributed by atoms with Gasteiger partial charge in [0.2, 0.25) is 0 Å². The van der Waals surface area contributed by atoms with Crippen LogP contribution in [0.4, 0.5) is 0 Å². The molecule has 1 aliphatic heterocycles. The van der Waals surface area contributed by atoms with Gasteiger partial charge in [-0.1, -0.05) is 31.7 Å². The minimum Gasteiger partial charge on any atom is -0.366 e. The second kappa shape index (κ2) is 9.56. The van der Waals surface area contributed by atoms with Crippen molar-refractivity contribution in [3.8, 4) is 0 Å². The van der Waals surface area contributed by atoms with E-state index in [9.17, 15) is 9.59 Å². The van der Waals surface area contributed by atoms with Gasteiger partial charge in [0, 0.05) is 36.4 Å². The van der Waals surface area contributed by atoms with Crippen molar-refractivity contribution in [2.45, 2.75) is 57.9 Å². The highest BCUT2D eigenvalue weighted by Crippen LogP contribution is 2.37. The molecule has 30 heavy (non-hydrogen) atoms. The summed E-state index contributed by atoms with van der Waals surface area (Å²) in [5.41, 5.74) is 2.36. The fourth-order valence-corrected chi connectivity index (χ4v) is 5.32. The molecular formula is C24H29N3O2S. The summed E-state index contributed by atoms with van der Waals surface area (Å²) >= 11 is 1.53. The molecule has 0 atom stereocenters. The lowest BCUT2D eigenvalue weighted by molar-refractivity contribution is -0.140. The molecule has 6 heteroatoms. The summed E-state index contributed by atoms with van der Waals surface area (Å²) in [5, 5.41) is 1.97. The average Bonchev–Trinajstić information content (AvgIpc) is 3.27. The number of hydrogen-bond acceptors (Lipinski definition) is 5. The van der Waals surface area contributed by atoms with Gasteiger partial charge in [0.05, 0.1) is 5.57 Å². The summed E-state index contributed by atoms with van der Waals surface area (Å²) in [6, 6.07) is 7.94. The first kappa shape index (κ1) is 20.8. The molecule has 1 aliphatic carbocycles. The zero-order chi connectivity index (χ0) is 20.9. The average molecular weight is 424 g/mol. The first-order valence-electron chi connectivity index (χ1n) is 11.0. The lowest BCUT2D eigenvalue weighted by atomic mass is 10.1. The molecule has 2 aromatic heterocycles. The van der Waals surface area contributed by atoms with Crippen LogP contribution in [0.5, 0.6) is 0 Å². The number of hydrogen-bond donors (Lipinski definition) is 0. The third-order valence-electron chi connectivity index (χ3n) is 6.17. The molecule has 0 bridgehead atoms. The Morgan fingerprint density at radius 3 is 2.43 bits per heavy atom. The first-order chi connectivity index (χ1) is 14.7. The minimum atomic E-state index is -0.105. The summed E-state index contributed by atoms with van der Waals surface area (Å²) in [6.07, 6.45) is 10.8. The van der Waals surface area contributed by atoms with Crippen molar-refractivity contribution in [2.24, 2.45) is 0 Å². The Hall–Kier alpha value is -2.47. The van der Waals surface area contributed by atoms with Crippen LogP contribution < -0.4 is 0 Å². The molecule has 4 rings (SSSR count). The predicted octanol–water partition coefficient (Wildman–Crippen LogP) is 4.51. The Labute approximate surface area is 182 Å². The fourth-order valence-electron chi connectivity index (χ4n) is 4.56. The Balaban J connectivity index is 1.65. The highest BCUT2D eigenvalue weighted by molar-refractivity contribution is 7.11. The Morgan fingerprint density at radius 1 is 1.07 bits per heavy atom. The Bertz CT molecular complexity index is 900. The van der Waals surface area contributed by atoms with Crippen molar-refractivity contribution < 1.29 is 9.59 Å². The normalized spacial score (nSPS) is 18.2. The number of carbonyl (C=O) groups is 2. The van der Waals surface area contributed by atoms with Crippen LogP contribution in [0.3, 0.4) is 0 Å². The van der Waals surface area contributed by atoms with Crippen LogP contribution in [0.2, 0.25) is 0 Å². The van der Waals surface area contributed by atoms with Gasteiger partial charge in [0.15, 0.2) is 0 Å². The summed E-state index contributed by atoms with van der Waals surface area (Å²) < 4.78 is 0. The molecule has 5 nitrogen and oxygen atoms in total. The third kappa shape index (κ3) is 4.19. The lowest BCUT2D eigenvalue weighted by Gasteiger charge is -2.28. The predicted molar refractivity (Wildman–Crippen MR) is 120 cm³/mol. The van der Waals surface area contributed by atoms with Crippen molar-refractivity contribution in [1.29, 1.82) is 0 Å². The van der Waals surface area contributed by atoms with Crippen molar-refractivity contribution in [1.82, 2.24) is 14.8 Å². The molecule has 2 aromatic rings. The second-order valence-electron chi connectivity index (χ2n) is 8.01. The van der Waals surface area contributed by atoms with E-state index in [0.717, 1.165) is 37.0 Å². The van der Waals surface area contributed by atoms with Crippen LogP contribution in [-0.4, -0.2) is 45.7 Å². The number of aromatic nitrogens is 1. The smallest absolute Gasteiger partial charge is 0.278 e. The van der Waals surface area contributed by atoms with E-state index in [1.54, 1.807) is 17.3 Å². The van der Waals surface area contributed by atoms with Crippen LogP contribution in [0.1, 0.15) is 55.9 Å². The maximum absolute atomic E-state index is 13.6. The lowest BCUT2D eigenvalue weighted by Crippen LogP contribution is -2.42. The van der Waals surface area contributed by atoms with E-state index in [1.165, 1.54) is 29.7 Å². The Kier molecular flexibility index (Phi) is 6.62. The molecule has 0 unspecified atom stereocenters. The van der Waals surface area contributed by atoms with E-state index in [2.05, 4.69) is 16.8 Å². The van der Waals surface area contributed by atoms with Gasteiger partial charge in [-0.2, -0.15) is 0 Å². The van der Waals surface area contributed by atoms with Gasteiger partial charge in [-0.15, -0.1) is 11.3 Å². The molecule has 0 aromatic carbocycles. The second-order valence-corrected chi connectivity index (χ2v) is 8.96. The highest BCUT2D eigenvalue weighted by atomic mass is 32.1. The van der Waals surface area contributed by atoms with Gasteiger partial charge in [0.1, 0.15) is 5.70 Å². The molecular weight excluding hydrogens is 394 g/mol. The van der Waals surface area contributed by atoms with E-state index in [4.69, 9.17) is 0 Å². The monoisotopic (exact) mass is 423 g/mol. The van der Waals surface area contributed by atoms with Crippen LogP contribution in [0, 0.1) is 0 Å². The third-order valence-corrected chi connectivity index (χ3v) is 7.05. The maximum atomic E-state index is 13.6. The van der Waals surface area contributed by atoms with Crippen LogP contribution >= 0.6 is 11.3 Å². The quantitative estimate of drug-likeness (QED) is 0.486. The topological polar surface area (TPSA) is 53.5 Å². The molecule has 0 radical (unpaired) electrons. The standard InChI is InChI=1S/C24H29N3O2S/c1-2-26(16-13-18-11-14-25-15-12-18)22-21(20-10-7-17-30-20)23(28)27(24(22)29)19-8-5-3-4-6-9-19/h7,10-12,14-15,17,19H,2-6,8-9,13,16H2,1H3. The summed E-state index contributed by atoms with van der Waals surface area (Å²) in [5.74, 6) is -0.210. The number of imide groups is 1. The van der Waals surface area contributed by atoms with Crippen molar-refractivity contribution in [3.05, 3.63) is 58.2 Å². The number of nitrogens with zero attached hydrogens (tertiary/aromatic N) is 3. The number of rotatable bonds is 7. The molecule has 0 saturated heterocycles. The van der Waals surface area contributed by atoms with E-state index in [1.807, 2.05) is 29.6 Å². The SMILES string of the molecule is CCN(CCc1ccncc1)C1=C(c2cccs2)C(=O)N(C2CCCCCC2)C1=O. The molecule has 1 saturated carbocycles. The van der Waals surface area contributed by atoms with E-state index in [0.29, 0.717) is 24.4 Å². The molecule has 2 amide bonds. The van der Waals surface area contributed by atoms with Crippen LogP contribution in [0.15, 0.2) is 47.7 Å². The van der Waals surface area contributed by atoms with Gasteiger partial charge in [-0.3, -0.25) is 19.5 Å². The summed E-state index contributed by atoms with van der Waals surface area (Å²) in [7, 11) is 0. The van der Waals surface area contributed by atoms with E-state index < -0.39 is 0 Å². The minimum absolute atomic E-state index is 0.0267. The number of likely N-dealkylation sites (N-methyl/N-ethyl adjacent to an activating group) is 1. The summed E-state index contributed by atoms with van der Waals surface area (Å²) in [4.78, 5) is 35.8. The number of pyridine rings is 1. The molecule has 158 valence electrons.